The lowest BCUT2D eigenvalue weighted by molar-refractivity contribution is -0.130. The zero-order chi connectivity index (χ0) is 12.6. The third-order valence-electron chi connectivity index (χ3n) is 4.49. The number of likely N-dealkylation sites (N-methyl/N-ethyl adjacent to an activating group) is 1. The van der Waals surface area contributed by atoms with Gasteiger partial charge in [0.25, 0.3) is 0 Å². The summed E-state index contributed by atoms with van der Waals surface area (Å²) in [6.07, 6.45) is 3.01. The minimum absolute atomic E-state index is 0.303. The lowest BCUT2D eigenvalue weighted by Gasteiger charge is -2.50. The number of hydrogen-bond donors (Lipinski definition) is 0. The van der Waals surface area contributed by atoms with E-state index in [0.29, 0.717) is 17.9 Å². The van der Waals surface area contributed by atoms with E-state index in [2.05, 4.69) is 22.8 Å². The van der Waals surface area contributed by atoms with Gasteiger partial charge in [0, 0.05) is 30.1 Å². The smallest absolute Gasteiger partial charge is 0.227 e. The van der Waals surface area contributed by atoms with Crippen LogP contribution in [0.15, 0.2) is 17.5 Å². The Bertz CT molecular complexity index is 429. The van der Waals surface area contributed by atoms with E-state index < -0.39 is 0 Å². The Kier molecular flexibility index (Phi) is 3.16. The Hall–Kier alpha value is -0.870. The minimum atomic E-state index is 0.303. The van der Waals surface area contributed by atoms with E-state index in [4.69, 9.17) is 0 Å². The molecule has 1 spiro atoms. The number of carbonyl (C=O) groups is 1. The number of rotatable bonds is 3. The maximum atomic E-state index is 12.2. The van der Waals surface area contributed by atoms with Crippen molar-refractivity contribution in [2.24, 2.45) is 0 Å². The van der Waals surface area contributed by atoms with Crippen LogP contribution in [0.3, 0.4) is 0 Å². The van der Waals surface area contributed by atoms with Crippen molar-refractivity contribution in [2.45, 2.75) is 31.7 Å². The van der Waals surface area contributed by atoms with Crippen LogP contribution in [0.5, 0.6) is 0 Å². The van der Waals surface area contributed by atoms with Gasteiger partial charge < -0.3 is 4.90 Å². The second-order valence-electron chi connectivity index (χ2n) is 5.38. The van der Waals surface area contributed by atoms with Crippen LogP contribution in [0.1, 0.15) is 24.6 Å². The average Bonchev–Trinajstić information content (AvgIpc) is 2.97. The number of amides is 1. The standard InChI is InChI=1S/C14H20N2OS/c1-2-16-8-6-14(16)5-7-15(11-14)13(17)10-12-4-3-9-18-12/h3-4,9H,2,5-8,10-11H2,1H3. The quantitative estimate of drug-likeness (QED) is 0.833. The van der Waals surface area contributed by atoms with Crippen LogP contribution in [0.2, 0.25) is 0 Å². The Morgan fingerprint density at radius 2 is 2.28 bits per heavy atom. The van der Waals surface area contributed by atoms with E-state index in [9.17, 15) is 4.79 Å². The molecule has 0 aliphatic carbocycles. The molecule has 18 heavy (non-hydrogen) atoms. The summed E-state index contributed by atoms with van der Waals surface area (Å²) in [7, 11) is 0. The SMILES string of the molecule is CCN1CCC12CCN(C(=O)Cc1cccs1)C2. The van der Waals surface area contributed by atoms with Crippen molar-refractivity contribution >= 4 is 17.2 Å². The predicted octanol–water partition coefficient (Wildman–Crippen LogP) is 1.99. The largest absolute Gasteiger partial charge is 0.340 e. The highest BCUT2D eigenvalue weighted by molar-refractivity contribution is 7.10. The molecule has 2 aliphatic heterocycles. The molecule has 1 atom stereocenters. The Morgan fingerprint density at radius 3 is 2.89 bits per heavy atom. The van der Waals surface area contributed by atoms with Gasteiger partial charge in [-0.3, -0.25) is 9.69 Å². The normalized spacial score (nSPS) is 27.7. The van der Waals surface area contributed by atoms with Crippen molar-refractivity contribution in [1.29, 1.82) is 0 Å². The van der Waals surface area contributed by atoms with Crippen molar-refractivity contribution in [3.05, 3.63) is 22.4 Å². The molecular weight excluding hydrogens is 244 g/mol. The van der Waals surface area contributed by atoms with Crippen molar-refractivity contribution in [3.8, 4) is 0 Å². The molecule has 1 aromatic rings. The van der Waals surface area contributed by atoms with Gasteiger partial charge in [-0.15, -0.1) is 11.3 Å². The molecule has 2 fully saturated rings. The third kappa shape index (κ3) is 1.97. The monoisotopic (exact) mass is 264 g/mol. The summed E-state index contributed by atoms with van der Waals surface area (Å²) in [5, 5.41) is 2.04. The second-order valence-corrected chi connectivity index (χ2v) is 6.41. The van der Waals surface area contributed by atoms with Crippen LogP contribution >= 0.6 is 11.3 Å². The number of hydrogen-bond acceptors (Lipinski definition) is 3. The van der Waals surface area contributed by atoms with Crippen LogP contribution in [0.4, 0.5) is 0 Å². The van der Waals surface area contributed by atoms with Gasteiger partial charge in [0.05, 0.1) is 6.42 Å². The lowest BCUT2D eigenvalue weighted by Crippen LogP contribution is -2.61. The lowest BCUT2D eigenvalue weighted by atomic mass is 9.84. The Labute approximate surface area is 112 Å². The topological polar surface area (TPSA) is 23.6 Å². The molecule has 4 heteroatoms. The van der Waals surface area contributed by atoms with Crippen molar-refractivity contribution in [2.75, 3.05) is 26.2 Å². The number of carbonyl (C=O) groups excluding carboxylic acids is 1. The summed E-state index contributed by atoms with van der Waals surface area (Å²) in [5.74, 6) is 0.303. The molecule has 1 aromatic heterocycles. The predicted molar refractivity (Wildman–Crippen MR) is 73.8 cm³/mol. The maximum Gasteiger partial charge on any atom is 0.227 e. The van der Waals surface area contributed by atoms with Gasteiger partial charge in [-0.25, -0.2) is 0 Å². The first-order valence-electron chi connectivity index (χ1n) is 6.79. The first-order chi connectivity index (χ1) is 8.73. The van der Waals surface area contributed by atoms with Crippen molar-refractivity contribution in [3.63, 3.8) is 0 Å². The molecule has 1 amide bonds. The molecular formula is C14H20N2OS. The van der Waals surface area contributed by atoms with Crippen LogP contribution in [0.25, 0.3) is 0 Å². The maximum absolute atomic E-state index is 12.2. The summed E-state index contributed by atoms with van der Waals surface area (Å²) in [4.78, 5) is 18.0. The summed E-state index contributed by atoms with van der Waals surface area (Å²) in [6.45, 7) is 6.44. The fraction of sp³-hybridized carbons (Fsp3) is 0.643. The molecule has 3 nitrogen and oxygen atoms in total. The fourth-order valence-electron chi connectivity index (χ4n) is 3.29. The average molecular weight is 264 g/mol. The summed E-state index contributed by atoms with van der Waals surface area (Å²) < 4.78 is 0. The van der Waals surface area contributed by atoms with Gasteiger partial charge in [0.2, 0.25) is 5.91 Å². The first kappa shape index (κ1) is 12.2. The number of likely N-dealkylation sites (tertiary alicyclic amines) is 2. The van der Waals surface area contributed by atoms with Crippen LogP contribution < -0.4 is 0 Å². The molecule has 2 aliphatic rings. The minimum Gasteiger partial charge on any atom is -0.340 e. The molecule has 3 rings (SSSR count). The van der Waals surface area contributed by atoms with Gasteiger partial charge in [0.1, 0.15) is 0 Å². The van der Waals surface area contributed by atoms with E-state index in [1.807, 2.05) is 11.4 Å². The van der Waals surface area contributed by atoms with Gasteiger partial charge in [-0.2, -0.15) is 0 Å². The van der Waals surface area contributed by atoms with Gasteiger partial charge >= 0.3 is 0 Å². The molecule has 3 heterocycles. The highest BCUT2D eigenvalue weighted by atomic mass is 32.1. The van der Waals surface area contributed by atoms with E-state index in [0.717, 1.165) is 26.1 Å². The highest BCUT2D eigenvalue weighted by Gasteiger charge is 2.49. The highest BCUT2D eigenvalue weighted by Crippen LogP contribution is 2.38. The molecule has 1 unspecified atom stereocenters. The van der Waals surface area contributed by atoms with Crippen LogP contribution in [-0.2, 0) is 11.2 Å². The Balaban J connectivity index is 1.60. The molecule has 98 valence electrons. The molecule has 0 radical (unpaired) electrons. The second kappa shape index (κ2) is 4.67. The zero-order valence-electron chi connectivity index (χ0n) is 10.9. The van der Waals surface area contributed by atoms with Crippen molar-refractivity contribution in [1.82, 2.24) is 9.80 Å². The van der Waals surface area contributed by atoms with Crippen molar-refractivity contribution < 1.29 is 4.79 Å². The number of nitrogens with zero attached hydrogens (tertiary/aromatic N) is 2. The molecule has 0 aromatic carbocycles. The van der Waals surface area contributed by atoms with E-state index in [1.165, 1.54) is 17.8 Å². The van der Waals surface area contributed by atoms with Crippen LogP contribution in [0, 0.1) is 0 Å². The van der Waals surface area contributed by atoms with E-state index in [-0.39, 0.29) is 0 Å². The zero-order valence-corrected chi connectivity index (χ0v) is 11.7. The summed E-state index contributed by atoms with van der Waals surface area (Å²) >= 11 is 1.68. The van der Waals surface area contributed by atoms with Gasteiger partial charge in [-0.05, 0) is 30.8 Å². The number of thiophene rings is 1. The summed E-state index contributed by atoms with van der Waals surface area (Å²) in [5.41, 5.74) is 0.333. The molecule has 0 N–H and O–H groups in total. The summed E-state index contributed by atoms with van der Waals surface area (Å²) in [6, 6.07) is 4.07. The van der Waals surface area contributed by atoms with Gasteiger partial charge in [-0.1, -0.05) is 13.0 Å². The molecule has 0 saturated carbocycles. The third-order valence-corrected chi connectivity index (χ3v) is 5.37. The molecule has 2 saturated heterocycles. The van der Waals surface area contributed by atoms with Crippen LogP contribution in [-0.4, -0.2) is 47.4 Å². The van der Waals surface area contributed by atoms with E-state index in [1.54, 1.807) is 11.3 Å². The molecule has 0 bridgehead atoms. The Morgan fingerprint density at radius 1 is 1.44 bits per heavy atom. The van der Waals surface area contributed by atoms with Gasteiger partial charge in [0.15, 0.2) is 0 Å². The fourth-order valence-corrected chi connectivity index (χ4v) is 3.98. The first-order valence-corrected chi connectivity index (χ1v) is 7.67. The van der Waals surface area contributed by atoms with E-state index >= 15 is 0 Å².